The molecule has 33 heavy (non-hydrogen) atoms. The molecule has 0 fully saturated rings. The van der Waals surface area contributed by atoms with Gasteiger partial charge in [0.15, 0.2) is 0 Å². The molecule has 1 aliphatic heterocycles. The summed E-state index contributed by atoms with van der Waals surface area (Å²) in [6.45, 7) is 6.66. The van der Waals surface area contributed by atoms with Crippen molar-refractivity contribution in [2.24, 2.45) is 0 Å². The quantitative estimate of drug-likeness (QED) is 0.490. The second-order valence-corrected chi connectivity index (χ2v) is 9.21. The van der Waals surface area contributed by atoms with E-state index in [1.807, 2.05) is 18.2 Å². The predicted molar refractivity (Wildman–Crippen MR) is 125 cm³/mol. The highest BCUT2D eigenvalue weighted by atomic mass is 19.1. The minimum Gasteiger partial charge on any atom is -0.492 e. The minimum atomic E-state index is -0.843. The van der Waals surface area contributed by atoms with Crippen LogP contribution in [0, 0.1) is 26.6 Å². The first-order valence-corrected chi connectivity index (χ1v) is 11.4. The maximum atomic E-state index is 15.0. The summed E-state index contributed by atoms with van der Waals surface area (Å²) < 4.78 is 27.0. The molecule has 1 heterocycles. The number of rotatable bonds is 5. The molecule has 0 spiro atoms. The Morgan fingerprint density at radius 3 is 2.61 bits per heavy atom. The van der Waals surface area contributed by atoms with Crippen LogP contribution in [0.3, 0.4) is 0 Å². The Labute approximate surface area is 193 Å². The molecule has 0 radical (unpaired) electrons. The fraction of sp³-hybridized carbons (Fsp3) is 0.321. The molecule has 0 bridgehead atoms. The van der Waals surface area contributed by atoms with Crippen molar-refractivity contribution >= 4 is 5.97 Å². The largest absolute Gasteiger partial charge is 0.492 e. The van der Waals surface area contributed by atoms with E-state index in [0.717, 1.165) is 23.1 Å². The van der Waals surface area contributed by atoms with Crippen LogP contribution in [0.15, 0.2) is 42.5 Å². The fourth-order valence-corrected chi connectivity index (χ4v) is 5.50. The number of aryl methyl sites for hydroxylation is 3. The zero-order chi connectivity index (χ0) is 23.3. The summed E-state index contributed by atoms with van der Waals surface area (Å²) in [5.74, 6) is 0.0224. The third kappa shape index (κ3) is 3.86. The Morgan fingerprint density at radius 1 is 1.12 bits per heavy atom. The number of benzene rings is 3. The molecule has 0 aromatic heterocycles. The van der Waals surface area contributed by atoms with Crippen molar-refractivity contribution in [3.63, 3.8) is 0 Å². The molecule has 2 aliphatic rings. The summed E-state index contributed by atoms with van der Waals surface area (Å²) in [6, 6.07) is 13.3. The Morgan fingerprint density at radius 2 is 1.88 bits per heavy atom. The number of aliphatic carboxylic acids is 1. The Kier molecular flexibility index (Phi) is 5.35. The number of halogens is 1. The molecule has 2 unspecified atom stereocenters. The Balaban J connectivity index is 1.46. The average molecular weight is 447 g/mol. The van der Waals surface area contributed by atoms with Gasteiger partial charge in [-0.3, -0.25) is 4.79 Å². The van der Waals surface area contributed by atoms with Crippen molar-refractivity contribution in [2.45, 2.75) is 52.1 Å². The molecule has 0 amide bonds. The zero-order valence-electron chi connectivity index (χ0n) is 19.1. The Hall–Kier alpha value is -3.34. The lowest BCUT2D eigenvalue weighted by Crippen LogP contribution is -2.07. The van der Waals surface area contributed by atoms with Gasteiger partial charge in [0, 0.05) is 23.1 Å². The second-order valence-electron chi connectivity index (χ2n) is 9.21. The maximum absolute atomic E-state index is 15.0. The molecule has 2 atom stereocenters. The minimum absolute atomic E-state index is 0.0367. The van der Waals surface area contributed by atoms with Gasteiger partial charge in [-0.1, -0.05) is 29.8 Å². The van der Waals surface area contributed by atoms with Crippen molar-refractivity contribution in [2.75, 3.05) is 6.61 Å². The van der Waals surface area contributed by atoms with Crippen molar-refractivity contribution in [1.29, 1.82) is 0 Å². The van der Waals surface area contributed by atoms with E-state index in [1.165, 1.54) is 22.3 Å². The van der Waals surface area contributed by atoms with Gasteiger partial charge < -0.3 is 14.6 Å². The van der Waals surface area contributed by atoms with Gasteiger partial charge in [0.05, 0.1) is 13.0 Å². The molecule has 4 nitrogen and oxygen atoms in total. The van der Waals surface area contributed by atoms with E-state index in [9.17, 15) is 4.79 Å². The number of hydrogen-bond acceptors (Lipinski definition) is 3. The summed E-state index contributed by atoms with van der Waals surface area (Å²) in [6.07, 6.45) is 1.12. The number of carboxylic acid groups (broad SMARTS) is 1. The average Bonchev–Trinajstić information content (AvgIpc) is 3.33. The van der Waals surface area contributed by atoms with Crippen LogP contribution in [-0.4, -0.2) is 17.7 Å². The Bertz CT molecular complexity index is 1240. The number of hydrogen-bond donors (Lipinski definition) is 1. The highest BCUT2D eigenvalue weighted by Gasteiger charge is 2.32. The zero-order valence-corrected chi connectivity index (χ0v) is 19.1. The smallest absolute Gasteiger partial charge is 0.304 e. The van der Waals surface area contributed by atoms with Crippen LogP contribution in [0.4, 0.5) is 4.39 Å². The number of carboxylic acids is 1. The summed E-state index contributed by atoms with van der Waals surface area (Å²) in [5, 5.41) is 9.10. The lowest BCUT2D eigenvalue weighted by molar-refractivity contribution is -0.137. The molecule has 170 valence electrons. The van der Waals surface area contributed by atoms with E-state index in [2.05, 4.69) is 32.9 Å². The van der Waals surface area contributed by atoms with Gasteiger partial charge in [0.25, 0.3) is 0 Å². The van der Waals surface area contributed by atoms with Crippen LogP contribution in [0.1, 0.15) is 58.2 Å². The molecule has 5 heteroatoms. The maximum Gasteiger partial charge on any atom is 0.304 e. The van der Waals surface area contributed by atoms with Crippen molar-refractivity contribution < 1.29 is 23.8 Å². The molecule has 1 aliphatic carbocycles. The molecular formula is C28H27FO4. The van der Waals surface area contributed by atoms with Gasteiger partial charge in [-0.15, -0.1) is 0 Å². The molecule has 3 aromatic rings. The number of carbonyl (C=O) groups is 1. The van der Waals surface area contributed by atoms with Gasteiger partial charge in [0.2, 0.25) is 0 Å². The van der Waals surface area contributed by atoms with E-state index in [-0.39, 0.29) is 24.3 Å². The third-order valence-corrected chi connectivity index (χ3v) is 6.79. The summed E-state index contributed by atoms with van der Waals surface area (Å²) in [5.41, 5.74) is 8.41. The van der Waals surface area contributed by atoms with Crippen LogP contribution in [-0.2, 0) is 11.2 Å². The van der Waals surface area contributed by atoms with Gasteiger partial charge in [-0.05, 0) is 73.6 Å². The molecule has 0 saturated carbocycles. The van der Waals surface area contributed by atoms with Crippen LogP contribution in [0.2, 0.25) is 0 Å². The van der Waals surface area contributed by atoms with Crippen LogP contribution in [0.25, 0.3) is 11.1 Å². The highest BCUT2D eigenvalue weighted by molar-refractivity contribution is 5.76. The van der Waals surface area contributed by atoms with Crippen molar-refractivity contribution in [3.05, 3.63) is 81.7 Å². The van der Waals surface area contributed by atoms with Gasteiger partial charge in [-0.2, -0.15) is 0 Å². The summed E-state index contributed by atoms with van der Waals surface area (Å²) in [7, 11) is 0. The van der Waals surface area contributed by atoms with E-state index >= 15 is 4.39 Å². The van der Waals surface area contributed by atoms with Crippen LogP contribution in [0.5, 0.6) is 11.5 Å². The van der Waals surface area contributed by atoms with Crippen molar-refractivity contribution in [3.8, 4) is 22.6 Å². The number of ether oxygens (including phenoxy) is 2. The van der Waals surface area contributed by atoms with Crippen LogP contribution < -0.4 is 9.47 Å². The molecule has 5 rings (SSSR count). The molecule has 0 saturated heterocycles. The first-order valence-electron chi connectivity index (χ1n) is 11.4. The standard InChI is InChI=1S/C28H27FO4/c1-15-10-16(2)27(17(3)11-15)21-6-8-23(29)28-22(21)7-9-24(28)33-19-4-5-20-18(12-26(30)31)14-32-25(20)13-19/h4-6,8,10-11,13,18,24H,7,9,12,14H2,1-3H3,(H,30,31). The van der Waals surface area contributed by atoms with E-state index in [4.69, 9.17) is 14.6 Å². The number of fused-ring (bicyclic) bond motifs is 2. The fourth-order valence-electron chi connectivity index (χ4n) is 5.50. The van der Waals surface area contributed by atoms with Gasteiger partial charge in [-0.25, -0.2) is 4.39 Å². The van der Waals surface area contributed by atoms with Gasteiger partial charge >= 0.3 is 5.97 Å². The lowest BCUT2D eigenvalue weighted by atomic mass is 9.89. The first kappa shape index (κ1) is 21.5. The second kappa shape index (κ2) is 8.22. The van der Waals surface area contributed by atoms with Gasteiger partial charge in [0.1, 0.15) is 23.4 Å². The molecular weight excluding hydrogens is 419 g/mol. The van der Waals surface area contributed by atoms with Crippen molar-refractivity contribution in [1.82, 2.24) is 0 Å². The van der Waals surface area contributed by atoms with E-state index < -0.39 is 5.97 Å². The van der Waals surface area contributed by atoms with Crippen LogP contribution >= 0.6 is 0 Å². The van der Waals surface area contributed by atoms with E-state index in [1.54, 1.807) is 12.1 Å². The summed E-state index contributed by atoms with van der Waals surface area (Å²) in [4.78, 5) is 11.1. The first-order chi connectivity index (χ1) is 15.8. The third-order valence-electron chi connectivity index (χ3n) is 6.79. The highest BCUT2D eigenvalue weighted by Crippen LogP contribution is 2.44. The predicted octanol–water partition coefficient (Wildman–Crippen LogP) is 6.43. The lowest BCUT2D eigenvalue weighted by Gasteiger charge is -2.19. The monoisotopic (exact) mass is 446 g/mol. The normalized spacial score (nSPS) is 18.5. The van der Waals surface area contributed by atoms with E-state index in [0.29, 0.717) is 30.1 Å². The topological polar surface area (TPSA) is 55.8 Å². The SMILES string of the molecule is Cc1cc(C)c(-c2ccc(F)c3c2CCC3Oc2ccc3c(c2)OCC3CC(=O)O)c(C)c1. The molecule has 3 aromatic carbocycles. The summed E-state index contributed by atoms with van der Waals surface area (Å²) >= 11 is 0. The molecule has 1 N–H and O–H groups in total.